The van der Waals surface area contributed by atoms with Gasteiger partial charge in [-0.1, -0.05) is 56.5 Å². The molecule has 0 unspecified atom stereocenters. The molecule has 0 aliphatic carbocycles. The summed E-state index contributed by atoms with van der Waals surface area (Å²) < 4.78 is 17.8. The van der Waals surface area contributed by atoms with Crippen LogP contribution >= 0.6 is 0 Å². The number of hydrogen-bond donors (Lipinski definition) is 0. The maximum atomic E-state index is 5.94. The number of unbranched alkanes of at least 4 members (excludes halogenated alkanes) is 2. The van der Waals surface area contributed by atoms with E-state index >= 15 is 0 Å². The van der Waals surface area contributed by atoms with E-state index < -0.39 is 5.97 Å². The van der Waals surface area contributed by atoms with Crippen LogP contribution in [-0.2, 0) is 20.2 Å². The van der Waals surface area contributed by atoms with Crippen LogP contribution in [0.15, 0.2) is 30.3 Å². The highest BCUT2D eigenvalue weighted by Crippen LogP contribution is 2.46. The van der Waals surface area contributed by atoms with Crippen LogP contribution in [0.25, 0.3) is 0 Å². The van der Waals surface area contributed by atoms with Gasteiger partial charge in [0.1, 0.15) is 0 Å². The number of ether oxygens (including phenoxy) is 3. The average Bonchev–Trinajstić information content (AvgIpc) is 2.50. The number of fused-ring (bicyclic) bond motifs is 3. The molecule has 1 aromatic carbocycles. The smallest absolute Gasteiger partial charge is 0.312 e. The zero-order valence-electron chi connectivity index (χ0n) is 11.6. The summed E-state index contributed by atoms with van der Waals surface area (Å²) >= 11 is 0. The van der Waals surface area contributed by atoms with Crippen molar-refractivity contribution < 1.29 is 14.2 Å². The van der Waals surface area contributed by atoms with Crippen LogP contribution in [-0.4, -0.2) is 19.8 Å². The van der Waals surface area contributed by atoms with Gasteiger partial charge in [0.2, 0.25) is 0 Å². The fraction of sp³-hybridized carbons (Fsp3) is 0.625. The molecular weight excluding hydrogens is 240 g/mol. The first-order chi connectivity index (χ1) is 9.29. The van der Waals surface area contributed by atoms with Gasteiger partial charge >= 0.3 is 5.97 Å². The van der Waals surface area contributed by atoms with E-state index in [1.54, 1.807) is 0 Å². The van der Waals surface area contributed by atoms with Gasteiger partial charge in [-0.25, -0.2) is 0 Å². The molecule has 3 saturated heterocycles. The molecule has 3 aliphatic rings. The van der Waals surface area contributed by atoms with Gasteiger partial charge in [0.15, 0.2) is 0 Å². The molecule has 104 valence electrons. The van der Waals surface area contributed by atoms with Gasteiger partial charge < -0.3 is 14.2 Å². The Hall–Kier alpha value is -0.900. The Kier molecular flexibility index (Phi) is 3.61. The van der Waals surface area contributed by atoms with Crippen molar-refractivity contribution in [2.24, 2.45) is 5.41 Å². The lowest BCUT2D eigenvalue weighted by Gasteiger charge is -2.52. The van der Waals surface area contributed by atoms with Crippen molar-refractivity contribution in [1.82, 2.24) is 0 Å². The first kappa shape index (κ1) is 13.1. The summed E-state index contributed by atoms with van der Waals surface area (Å²) in [7, 11) is 0. The molecule has 0 saturated carbocycles. The van der Waals surface area contributed by atoms with Crippen molar-refractivity contribution in [3.63, 3.8) is 0 Å². The minimum absolute atomic E-state index is 0.0751. The SMILES string of the molecule is CCCCCC12COC(c3ccccc3)(OC1)OC2. The largest absolute Gasteiger partial charge is 0.323 e. The highest BCUT2D eigenvalue weighted by molar-refractivity contribution is 5.19. The number of rotatable bonds is 5. The van der Waals surface area contributed by atoms with Gasteiger partial charge in [0.05, 0.1) is 19.8 Å². The average molecular weight is 262 g/mol. The van der Waals surface area contributed by atoms with E-state index in [-0.39, 0.29) is 5.41 Å². The molecule has 0 spiro atoms. The topological polar surface area (TPSA) is 27.7 Å². The zero-order valence-corrected chi connectivity index (χ0v) is 11.6. The van der Waals surface area contributed by atoms with Crippen molar-refractivity contribution in [3.05, 3.63) is 35.9 Å². The minimum atomic E-state index is -0.951. The summed E-state index contributed by atoms with van der Waals surface area (Å²) in [6.45, 7) is 4.45. The summed E-state index contributed by atoms with van der Waals surface area (Å²) in [4.78, 5) is 0. The highest BCUT2D eigenvalue weighted by Gasteiger charge is 2.53. The highest BCUT2D eigenvalue weighted by atomic mass is 16.9. The van der Waals surface area contributed by atoms with Gasteiger partial charge in [-0.05, 0) is 6.42 Å². The Morgan fingerprint density at radius 2 is 1.58 bits per heavy atom. The third kappa shape index (κ3) is 2.42. The van der Waals surface area contributed by atoms with Crippen molar-refractivity contribution in [3.8, 4) is 0 Å². The van der Waals surface area contributed by atoms with Crippen LogP contribution < -0.4 is 0 Å². The second-order valence-corrected chi connectivity index (χ2v) is 5.75. The predicted octanol–water partition coefficient (Wildman–Crippen LogP) is 3.44. The van der Waals surface area contributed by atoms with Crippen molar-refractivity contribution in [2.75, 3.05) is 19.8 Å². The normalized spacial score (nSPS) is 33.5. The lowest BCUT2D eigenvalue weighted by Crippen LogP contribution is -2.58. The van der Waals surface area contributed by atoms with Crippen LogP contribution in [0.5, 0.6) is 0 Å². The van der Waals surface area contributed by atoms with E-state index in [0.717, 1.165) is 31.8 Å². The summed E-state index contributed by atoms with van der Waals surface area (Å²) in [6, 6.07) is 9.95. The molecule has 2 bridgehead atoms. The second kappa shape index (κ2) is 5.23. The summed E-state index contributed by atoms with van der Waals surface area (Å²) in [5.41, 5.74) is 1.03. The van der Waals surface area contributed by atoms with Crippen LogP contribution in [0.3, 0.4) is 0 Å². The molecule has 0 atom stereocenters. The quantitative estimate of drug-likeness (QED) is 0.761. The maximum Gasteiger partial charge on any atom is 0.312 e. The van der Waals surface area contributed by atoms with Gasteiger partial charge in [0, 0.05) is 11.0 Å². The van der Waals surface area contributed by atoms with E-state index in [4.69, 9.17) is 14.2 Å². The number of hydrogen-bond acceptors (Lipinski definition) is 3. The van der Waals surface area contributed by atoms with E-state index in [2.05, 4.69) is 6.92 Å². The molecule has 0 amide bonds. The maximum absolute atomic E-state index is 5.94. The van der Waals surface area contributed by atoms with Crippen molar-refractivity contribution >= 4 is 0 Å². The predicted molar refractivity (Wildman–Crippen MR) is 72.6 cm³/mol. The molecule has 4 rings (SSSR count). The van der Waals surface area contributed by atoms with Gasteiger partial charge in [-0.3, -0.25) is 0 Å². The Labute approximate surface area is 114 Å². The standard InChI is InChI=1S/C16H22O3/c1-2-3-7-10-15-11-17-16(18-12-15,19-13-15)14-8-5-4-6-9-14/h4-6,8-9H,2-3,7,10-13H2,1H3. The zero-order chi connectivity index (χ0) is 13.2. The van der Waals surface area contributed by atoms with Crippen LogP contribution in [0, 0.1) is 5.41 Å². The van der Waals surface area contributed by atoms with Crippen molar-refractivity contribution in [1.29, 1.82) is 0 Å². The molecule has 3 heterocycles. The van der Waals surface area contributed by atoms with Gasteiger partial charge in [0.25, 0.3) is 0 Å². The third-order valence-electron chi connectivity index (χ3n) is 4.14. The van der Waals surface area contributed by atoms with E-state index in [0.29, 0.717) is 0 Å². The van der Waals surface area contributed by atoms with Crippen LogP contribution in [0.1, 0.15) is 38.2 Å². The molecule has 3 nitrogen and oxygen atoms in total. The molecule has 19 heavy (non-hydrogen) atoms. The molecule has 0 N–H and O–H groups in total. The fourth-order valence-corrected chi connectivity index (χ4v) is 2.85. The van der Waals surface area contributed by atoms with E-state index in [9.17, 15) is 0 Å². The first-order valence-corrected chi connectivity index (χ1v) is 7.26. The summed E-state index contributed by atoms with van der Waals surface area (Å²) in [5, 5.41) is 0. The van der Waals surface area contributed by atoms with Crippen LogP contribution in [0.2, 0.25) is 0 Å². The molecule has 0 aromatic heterocycles. The lowest BCUT2D eigenvalue weighted by molar-refractivity contribution is -0.480. The van der Waals surface area contributed by atoms with E-state index in [1.807, 2.05) is 30.3 Å². The van der Waals surface area contributed by atoms with Crippen molar-refractivity contribution in [2.45, 2.75) is 38.6 Å². The van der Waals surface area contributed by atoms with Gasteiger partial charge in [-0.15, -0.1) is 0 Å². The molecule has 3 heteroatoms. The third-order valence-corrected chi connectivity index (χ3v) is 4.14. The molecule has 3 aliphatic heterocycles. The monoisotopic (exact) mass is 262 g/mol. The Morgan fingerprint density at radius 3 is 2.16 bits per heavy atom. The first-order valence-electron chi connectivity index (χ1n) is 7.26. The molecule has 0 radical (unpaired) electrons. The Morgan fingerprint density at radius 1 is 0.947 bits per heavy atom. The molecular formula is C16H22O3. The van der Waals surface area contributed by atoms with E-state index in [1.165, 1.54) is 19.3 Å². The minimum Gasteiger partial charge on any atom is -0.323 e. The molecule has 1 aromatic rings. The number of benzene rings is 1. The molecule has 3 fully saturated rings. The van der Waals surface area contributed by atoms with Gasteiger partial charge in [-0.2, -0.15) is 0 Å². The fourth-order valence-electron chi connectivity index (χ4n) is 2.85. The summed E-state index contributed by atoms with van der Waals surface area (Å²) in [5.74, 6) is -0.951. The lowest BCUT2D eigenvalue weighted by atomic mass is 9.83. The Bertz CT molecular complexity index is 391. The second-order valence-electron chi connectivity index (χ2n) is 5.75. The Balaban J connectivity index is 1.68. The van der Waals surface area contributed by atoms with Crippen LogP contribution in [0.4, 0.5) is 0 Å². The summed E-state index contributed by atoms with van der Waals surface area (Å²) in [6.07, 6.45) is 4.87.